The van der Waals surface area contributed by atoms with Crippen molar-refractivity contribution in [2.45, 2.75) is 0 Å². The molecular formula is C16H11ClN2O3. The van der Waals surface area contributed by atoms with E-state index < -0.39 is 5.97 Å². The molecule has 5 nitrogen and oxygen atoms in total. The number of methoxy groups -OCH3 is 1. The molecule has 0 saturated heterocycles. The topological polar surface area (TPSA) is 79.2 Å². The molecule has 0 atom stereocenters. The number of nitrogens with zero attached hydrogens (tertiary/aromatic N) is 1. The molecule has 6 heteroatoms. The molecule has 0 fully saturated rings. The van der Waals surface area contributed by atoms with Gasteiger partial charge >= 0.3 is 5.97 Å². The van der Waals surface area contributed by atoms with Crippen LogP contribution in [0.25, 0.3) is 0 Å². The van der Waals surface area contributed by atoms with Gasteiger partial charge in [-0.05, 0) is 42.5 Å². The van der Waals surface area contributed by atoms with Crippen LogP contribution in [0.2, 0.25) is 5.02 Å². The number of nitriles is 1. The fourth-order valence-electron chi connectivity index (χ4n) is 1.77. The highest BCUT2D eigenvalue weighted by atomic mass is 35.5. The largest absolute Gasteiger partial charge is 0.465 e. The zero-order chi connectivity index (χ0) is 16.1. The number of hydrogen-bond acceptors (Lipinski definition) is 4. The predicted molar refractivity (Wildman–Crippen MR) is 81.9 cm³/mol. The molecule has 0 aromatic heterocycles. The molecule has 0 radical (unpaired) electrons. The molecule has 0 unspecified atom stereocenters. The second kappa shape index (κ2) is 6.74. The number of carbonyl (C=O) groups is 2. The van der Waals surface area contributed by atoms with E-state index in [-0.39, 0.29) is 16.5 Å². The Morgan fingerprint density at radius 3 is 2.45 bits per heavy atom. The smallest absolute Gasteiger partial charge is 0.339 e. The fourth-order valence-corrected chi connectivity index (χ4v) is 1.96. The van der Waals surface area contributed by atoms with Gasteiger partial charge in [-0.1, -0.05) is 11.6 Å². The van der Waals surface area contributed by atoms with Gasteiger partial charge in [0.15, 0.2) is 0 Å². The SMILES string of the molecule is COC(=O)c1cc(NC(=O)c2ccc(C#N)cc2)ccc1Cl. The van der Waals surface area contributed by atoms with Gasteiger partial charge in [-0.3, -0.25) is 4.79 Å². The Bertz CT molecular complexity index is 764. The minimum absolute atomic E-state index is 0.168. The lowest BCUT2D eigenvalue weighted by Crippen LogP contribution is -2.12. The van der Waals surface area contributed by atoms with E-state index in [1.807, 2.05) is 6.07 Å². The van der Waals surface area contributed by atoms with Gasteiger partial charge in [0, 0.05) is 11.3 Å². The molecule has 1 N–H and O–H groups in total. The van der Waals surface area contributed by atoms with Crippen molar-refractivity contribution in [2.24, 2.45) is 0 Å². The highest BCUT2D eigenvalue weighted by Gasteiger charge is 2.13. The molecule has 0 aliphatic rings. The van der Waals surface area contributed by atoms with Gasteiger partial charge in [0.25, 0.3) is 5.91 Å². The van der Waals surface area contributed by atoms with Crippen molar-refractivity contribution in [3.63, 3.8) is 0 Å². The van der Waals surface area contributed by atoms with E-state index in [4.69, 9.17) is 16.9 Å². The van der Waals surface area contributed by atoms with Gasteiger partial charge in [0.05, 0.1) is 29.3 Å². The maximum absolute atomic E-state index is 12.1. The van der Waals surface area contributed by atoms with Crippen LogP contribution < -0.4 is 5.32 Å². The van der Waals surface area contributed by atoms with Gasteiger partial charge in [0.2, 0.25) is 0 Å². The normalized spacial score (nSPS) is 9.68. The summed E-state index contributed by atoms with van der Waals surface area (Å²) in [5.41, 5.74) is 1.45. The third kappa shape index (κ3) is 3.43. The average Bonchev–Trinajstić information content (AvgIpc) is 2.55. The Hall–Kier alpha value is -2.84. The Kier molecular flexibility index (Phi) is 4.77. The first kappa shape index (κ1) is 15.5. The van der Waals surface area contributed by atoms with Crippen molar-refractivity contribution >= 4 is 29.2 Å². The quantitative estimate of drug-likeness (QED) is 0.882. The molecule has 2 aromatic rings. The molecule has 2 aromatic carbocycles. The van der Waals surface area contributed by atoms with Crippen LogP contribution in [0.15, 0.2) is 42.5 Å². The predicted octanol–water partition coefficient (Wildman–Crippen LogP) is 3.25. The minimum Gasteiger partial charge on any atom is -0.465 e. The summed E-state index contributed by atoms with van der Waals surface area (Å²) in [4.78, 5) is 23.7. The maximum atomic E-state index is 12.1. The lowest BCUT2D eigenvalue weighted by atomic mass is 10.1. The standard InChI is InChI=1S/C16H11ClN2O3/c1-22-16(21)13-8-12(6-7-14(13)17)19-15(20)11-4-2-10(9-18)3-5-11/h2-8H,1H3,(H,19,20). The number of benzene rings is 2. The summed E-state index contributed by atoms with van der Waals surface area (Å²) >= 11 is 5.91. The van der Waals surface area contributed by atoms with Crippen molar-refractivity contribution in [1.82, 2.24) is 0 Å². The number of halogens is 1. The maximum Gasteiger partial charge on any atom is 0.339 e. The first-order valence-corrected chi connectivity index (χ1v) is 6.62. The van der Waals surface area contributed by atoms with E-state index in [0.29, 0.717) is 16.8 Å². The number of carbonyl (C=O) groups excluding carboxylic acids is 2. The summed E-state index contributed by atoms with van der Waals surface area (Å²) in [6, 6.07) is 12.7. The van der Waals surface area contributed by atoms with E-state index >= 15 is 0 Å². The summed E-state index contributed by atoms with van der Waals surface area (Å²) < 4.78 is 4.62. The van der Waals surface area contributed by atoms with E-state index in [0.717, 1.165) is 0 Å². The van der Waals surface area contributed by atoms with Gasteiger partial charge < -0.3 is 10.1 Å². The third-order valence-corrected chi connectivity index (χ3v) is 3.24. The van der Waals surface area contributed by atoms with Gasteiger partial charge in [-0.15, -0.1) is 0 Å². The summed E-state index contributed by atoms with van der Waals surface area (Å²) in [5, 5.41) is 11.6. The van der Waals surface area contributed by atoms with E-state index in [1.54, 1.807) is 30.3 Å². The first-order chi connectivity index (χ1) is 10.5. The molecule has 0 heterocycles. The Morgan fingerprint density at radius 2 is 1.86 bits per heavy atom. The number of ether oxygens (including phenoxy) is 1. The average molecular weight is 315 g/mol. The summed E-state index contributed by atoms with van der Waals surface area (Å²) in [6.45, 7) is 0. The molecule has 0 aliphatic heterocycles. The number of amides is 1. The summed E-state index contributed by atoms with van der Waals surface area (Å²) in [7, 11) is 1.25. The van der Waals surface area contributed by atoms with Gasteiger partial charge in [-0.25, -0.2) is 4.79 Å². The van der Waals surface area contributed by atoms with Crippen LogP contribution in [0.4, 0.5) is 5.69 Å². The lowest BCUT2D eigenvalue weighted by Gasteiger charge is -2.08. The summed E-state index contributed by atoms with van der Waals surface area (Å²) in [5.74, 6) is -0.942. The number of esters is 1. The monoisotopic (exact) mass is 314 g/mol. The highest BCUT2D eigenvalue weighted by molar-refractivity contribution is 6.33. The van der Waals surface area contributed by atoms with E-state index in [2.05, 4.69) is 10.1 Å². The van der Waals surface area contributed by atoms with Crippen molar-refractivity contribution < 1.29 is 14.3 Å². The van der Waals surface area contributed by atoms with Crippen molar-refractivity contribution in [2.75, 3.05) is 12.4 Å². The summed E-state index contributed by atoms with van der Waals surface area (Å²) in [6.07, 6.45) is 0. The molecule has 0 saturated carbocycles. The molecule has 22 heavy (non-hydrogen) atoms. The van der Waals surface area contributed by atoms with E-state index in [9.17, 15) is 9.59 Å². The molecule has 0 spiro atoms. The lowest BCUT2D eigenvalue weighted by molar-refractivity contribution is 0.0600. The van der Waals surface area contributed by atoms with Crippen molar-refractivity contribution in [1.29, 1.82) is 5.26 Å². The molecule has 2 rings (SSSR count). The van der Waals surface area contributed by atoms with Gasteiger partial charge in [-0.2, -0.15) is 5.26 Å². The number of rotatable bonds is 3. The zero-order valence-corrected chi connectivity index (χ0v) is 12.3. The van der Waals surface area contributed by atoms with Crippen LogP contribution >= 0.6 is 11.6 Å². The molecule has 0 bridgehead atoms. The van der Waals surface area contributed by atoms with Crippen LogP contribution in [0, 0.1) is 11.3 Å². The first-order valence-electron chi connectivity index (χ1n) is 6.24. The Morgan fingerprint density at radius 1 is 1.18 bits per heavy atom. The Balaban J connectivity index is 2.21. The zero-order valence-electron chi connectivity index (χ0n) is 11.6. The minimum atomic E-state index is -0.584. The van der Waals surface area contributed by atoms with Crippen LogP contribution in [0.3, 0.4) is 0 Å². The number of anilines is 1. The highest BCUT2D eigenvalue weighted by Crippen LogP contribution is 2.22. The van der Waals surface area contributed by atoms with Crippen LogP contribution in [-0.4, -0.2) is 19.0 Å². The van der Waals surface area contributed by atoms with Crippen molar-refractivity contribution in [3.05, 3.63) is 64.2 Å². The number of hydrogen-bond donors (Lipinski definition) is 1. The van der Waals surface area contributed by atoms with Crippen LogP contribution in [-0.2, 0) is 4.74 Å². The van der Waals surface area contributed by atoms with Crippen LogP contribution in [0.1, 0.15) is 26.3 Å². The molecule has 110 valence electrons. The third-order valence-electron chi connectivity index (χ3n) is 2.91. The molecule has 1 amide bonds. The molecule has 0 aliphatic carbocycles. The van der Waals surface area contributed by atoms with Crippen molar-refractivity contribution in [3.8, 4) is 6.07 Å². The Labute approximate surface area is 132 Å². The van der Waals surface area contributed by atoms with E-state index in [1.165, 1.54) is 19.2 Å². The number of nitrogens with one attached hydrogen (secondary N) is 1. The van der Waals surface area contributed by atoms with Gasteiger partial charge in [0.1, 0.15) is 0 Å². The fraction of sp³-hybridized carbons (Fsp3) is 0.0625. The second-order valence-corrected chi connectivity index (χ2v) is 4.74. The second-order valence-electron chi connectivity index (χ2n) is 4.33. The van der Waals surface area contributed by atoms with Crippen LogP contribution in [0.5, 0.6) is 0 Å². The molecular weight excluding hydrogens is 304 g/mol.